The number of carbonyl (C=O) groups excluding carboxylic acids is 1. The largest absolute Gasteiger partial charge is 0.467 e. The van der Waals surface area contributed by atoms with Gasteiger partial charge in [0, 0.05) is 12.6 Å². The molecule has 0 saturated carbocycles. The molecule has 0 aliphatic heterocycles. The molecule has 0 fully saturated rings. The molecule has 0 saturated heterocycles. The molecule has 1 aromatic rings. The Morgan fingerprint density at radius 2 is 2.08 bits per heavy atom. The van der Waals surface area contributed by atoms with E-state index in [0.717, 1.165) is 18.7 Å². The van der Waals surface area contributed by atoms with Gasteiger partial charge in [-0.2, -0.15) is 0 Å². The molecule has 1 amide bonds. The number of guanidine groups is 1. The fraction of sp³-hybridized carbons (Fsp3) is 0.667. The van der Waals surface area contributed by atoms with Crippen molar-refractivity contribution in [3.8, 4) is 0 Å². The van der Waals surface area contributed by atoms with Crippen LogP contribution in [0.5, 0.6) is 0 Å². The molecule has 1 atom stereocenters. The van der Waals surface area contributed by atoms with E-state index in [2.05, 4.69) is 34.8 Å². The SMILES string of the molecule is CCCCCCC(C)NC(=NCC(=O)NCc1ccco1)NCC. The van der Waals surface area contributed by atoms with Gasteiger partial charge in [0.05, 0.1) is 12.8 Å². The van der Waals surface area contributed by atoms with E-state index in [1.807, 2.05) is 13.0 Å². The van der Waals surface area contributed by atoms with Gasteiger partial charge in [-0.15, -0.1) is 0 Å². The monoisotopic (exact) mass is 336 g/mol. The van der Waals surface area contributed by atoms with Gasteiger partial charge < -0.3 is 20.4 Å². The Morgan fingerprint density at radius 3 is 2.75 bits per heavy atom. The summed E-state index contributed by atoms with van der Waals surface area (Å²) in [4.78, 5) is 16.2. The molecule has 24 heavy (non-hydrogen) atoms. The maximum Gasteiger partial charge on any atom is 0.242 e. The highest BCUT2D eigenvalue weighted by molar-refractivity contribution is 5.84. The summed E-state index contributed by atoms with van der Waals surface area (Å²) in [6.45, 7) is 7.63. The average Bonchev–Trinajstić information content (AvgIpc) is 3.08. The van der Waals surface area contributed by atoms with E-state index >= 15 is 0 Å². The topological polar surface area (TPSA) is 78.7 Å². The van der Waals surface area contributed by atoms with Crippen LogP contribution in [0.2, 0.25) is 0 Å². The molecule has 0 aromatic carbocycles. The number of nitrogens with one attached hydrogen (secondary N) is 3. The average molecular weight is 336 g/mol. The molecule has 1 aromatic heterocycles. The molecular weight excluding hydrogens is 304 g/mol. The van der Waals surface area contributed by atoms with Crippen LogP contribution in [0.4, 0.5) is 0 Å². The van der Waals surface area contributed by atoms with Crippen LogP contribution >= 0.6 is 0 Å². The van der Waals surface area contributed by atoms with E-state index in [1.54, 1.807) is 12.3 Å². The summed E-state index contributed by atoms with van der Waals surface area (Å²) in [5.41, 5.74) is 0. The molecule has 6 nitrogen and oxygen atoms in total. The number of carbonyl (C=O) groups is 1. The fourth-order valence-electron chi connectivity index (χ4n) is 2.31. The van der Waals surface area contributed by atoms with Crippen LogP contribution in [0.1, 0.15) is 58.6 Å². The number of unbranched alkanes of at least 4 members (excludes halogenated alkanes) is 3. The van der Waals surface area contributed by atoms with Crippen LogP contribution < -0.4 is 16.0 Å². The minimum absolute atomic E-state index is 0.0958. The van der Waals surface area contributed by atoms with Gasteiger partial charge in [0.2, 0.25) is 5.91 Å². The number of furan rings is 1. The Balaban J connectivity index is 2.33. The zero-order valence-corrected chi connectivity index (χ0v) is 15.2. The fourth-order valence-corrected chi connectivity index (χ4v) is 2.31. The van der Waals surface area contributed by atoms with E-state index in [0.29, 0.717) is 18.5 Å². The molecule has 1 rings (SSSR count). The third kappa shape index (κ3) is 9.22. The summed E-state index contributed by atoms with van der Waals surface area (Å²) < 4.78 is 5.18. The van der Waals surface area contributed by atoms with Gasteiger partial charge in [0.25, 0.3) is 0 Å². The third-order valence-corrected chi connectivity index (χ3v) is 3.64. The first kappa shape index (κ1) is 20.1. The Hall–Kier alpha value is -1.98. The van der Waals surface area contributed by atoms with E-state index in [9.17, 15) is 4.79 Å². The lowest BCUT2D eigenvalue weighted by molar-refractivity contribution is -0.119. The Morgan fingerprint density at radius 1 is 1.25 bits per heavy atom. The predicted octanol–water partition coefficient (Wildman–Crippen LogP) is 2.81. The first-order valence-electron chi connectivity index (χ1n) is 8.99. The second kappa shape index (κ2) is 12.4. The number of amides is 1. The predicted molar refractivity (Wildman–Crippen MR) is 97.9 cm³/mol. The van der Waals surface area contributed by atoms with Crippen molar-refractivity contribution < 1.29 is 9.21 Å². The van der Waals surface area contributed by atoms with Gasteiger partial charge in [-0.05, 0) is 32.4 Å². The summed E-state index contributed by atoms with van der Waals surface area (Å²) in [7, 11) is 0. The lowest BCUT2D eigenvalue weighted by Crippen LogP contribution is -2.43. The standard InChI is InChI=1S/C18H32N4O2/c1-4-6-7-8-10-15(3)22-18(19-5-2)21-14-17(23)20-13-16-11-9-12-24-16/h9,11-12,15H,4-8,10,13-14H2,1-3H3,(H,20,23)(H2,19,21,22). The summed E-state index contributed by atoms with van der Waals surface area (Å²) >= 11 is 0. The number of aliphatic imine (C=N–C) groups is 1. The van der Waals surface area contributed by atoms with Crippen molar-refractivity contribution in [1.82, 2.24) is 16.0 Å². The number of nitrogens with zero attached hydrogens (tertiary/aromatic N) is 1. The van der Waals surface area contributed by atoms with Gasteiger partial charge >= 0.3 is 0 Å². The second-order valence-electron chi connectivity index (χ2n) is 5.95. The number of hydrogen-bond donors (Lipinski definition) is 3. The van der Waals surface area contributed by atoms with E-state index < -0.39 is 0 Å². The highest BCUT2D eigenvalue weighted by atomic mass is 16.3. The summed E-state index contributed by atoms with van der Waals surface area (Å²) in [5.74, 6) is 1.30. The van der Waals surface area contributed by atoms with E-state index in [4.69, 9.17) is 4.42 Å². The first-order valence-corrected chi connectivity index (χ1v) is 8.99. The quantitative estimate of drug-likeness (QED) is 0.330. The normalized spacial score (nSPS) is 12.7. The molecule has 3 N–H and O–H groups in total. The Kier molecular flexibility index (Phi) is 10.4. The van der Waals surface area contributed by atoms with Gasteiger partial charge in [0.1, 0.15) is 12.3 Å². The van der Waals surface area contributed by atoms with Crippen LogP contribution in [-0.2, 0) is 11.3 Å². The van der Waals surface area contributed by atoms with Crippen LogP contribution in [-0.4, -0.2) is 31.0 Å². The van der Waals surface area contributed by atoms with Crippen molar-refractivity contribution in [3.63, 3.8) is 0 Å². The maximum absolute atomic E-state index is 11.9. The van der Waals surface area contributed by atoms with Crippen molar-refractivity contribution >= 4 is 11.9 Å². The summed E-state index contributed by atoms with van der Waals surface area (Å²) in [6.07, 6.45) is 7.72. The van der Waals surface area contributed by atoms with Crippen LogP contribution in [0.3, 0.4) is 0 Å². The first-order chi connectivity index (χ1) is 11.7. The van der Waals surface area contributed by atoms with Gasteiger partial charge in [-0.25, -0.2) is 4.99 Å². The lowest BCUT2D eigenvalue weighted by Gasteiger charge is -2.17. The molecule has 0 aliphatic carbocycles. The highest BCUT2D eigenvalue weighted by Gasteiger charge is 2.07. The molecule has 6 heteroatoms. The zero-order valence-electron chi connectivity index (χ0n) is 15.2. The van der Waals surface area contributed by atoms with Crippen molar-refractivity contribution in [2.45, 2.75) is 65.5 Å². The van der Waals surface area contributed by atoms with Crippen LogP contribution in [0.25, 0.3) is 0 Å². The molecule has 0 spiro atoms. The second-order valence-corrected chi connectivity index (χ2v) is 5.95. The zero-order chi connectivity index (χ0) is 17.6. The molecule has 136 valence electrons. The van der Waals surface area contributed by atoms with Crippen molar-refractivity contribution in [2.24, 2.45) is 4.99 Å². The minimum Gasteiger partial charge on any atom is -0.467 e. The molecule has 0 bridgehead atoms. The van der Waals surface area contributed by atoms with Crippen LogP contribution in [0, 0.1) is 0 Å². The van der Waals surface area contributed by atoms with Gasteiger partial charge in [-0.3, -0.25) is 4.79 Å². The van der Waals surface area contributed by atoms with E-state index in [1.165, 1.54) is 25.7 Å². The van der Waals surface area contributed by atoms with Crippen molar-refractivity contribution in [2.75, 3.05) is 13.1 Å². The molecule has 0 aliphatic rings. The van der Waals surface area contributed by atoms with E-state index in [-0.39, 0.29) is 12.5 Å². The van der Waals surface area contributed by atoms with Gasteiger partial charge in [-0.1, -0.05) is 32.6 Å². The maximum atomic E-state index is 11.9. The minimum atomic E-state index is -0.126. The van der Waals surface area contributed by atoms with Gasteiger partial charge in [0.15, 0.2) is 5.96 Å². The molecule has 1 unspecified atom stereocenters. The number of rotatable bonds is 11. The van der Waals surface area contributed by atoms with Crippen molar-refractivity contribution in [3.05, 3.63) is 24.2 Å². The number of hydrogen-bond acceptors (Lipinski definition) is 3. The molecular formula is C18H32N4O2. The summed E-state index contributed by atoms with van der Waals surface area (Å²) in [6, 6.07) is 3.97. The Bertz CT molecular complexity index is 471. The Labute approximate surface area is 145 Å². The van der Waals surface area contributed by atoms with Crippen LogP contribution in [0.15, 0.2) is 27.8 Å². The smallest absolute Gasteiger partial charge is 0.242 e. The highest BCUT2D eigenvalue weighted by Crippen LogP contribution is 2.05. The lowest BCUT2D eigenvalue weighted by atomic mass is 10.1. The third-order valence-electron chi connectivity index (χ3n) is 3.64. The van der Waals surface area contributed by atoms with Crippen molar-refractivity contribution in [1.29, 1.82) is 0 Å². The molecule has 1 heterocycles. The summed E-state index contributed by atoms with van der Waals surface area (Å²) in [5, 5.41) is 9.33. The molecule has 0 radical (unpaired) electrons.